The van der Waals surface area contributed by atoms with Crippen LogP contribution in [-0.2, 0) is 0 Å². The van der Waals surface area contributed by atoms with E-state index in [1.807, 2.05) is 27.7 Å². The Labute approximate surface area is 107 Å². The lowest BCUT2D eigenvalue weighted by atomic mass is 10.0. The fourth-order valence-electron chi connectivity index (χ4n) is 1.38. The number of pyridine rings is 1. The van der Waals surface area contributed by atoms with E-state index in [0.717, 1.165) is 12.6 Å². The molecule has 0 bridgehead atoms. The summed E-state index contributed by atoms with van der Waals surface area (Å²) in [5.74, 6) is -0.427. The molecule has 1 aromatic heterocycles. The van der Waals surface area contributed by atoms with E-state index in [-0.39, 0.29) is 17.0 Å². The van der Waals surface area contributed by atoms with Crippen LogP contribution in [0.15, 0.2) is 12.3 Å². The number of hydrogen-bond donors (Lipinski definition) is 2. The number of nitrogens with one attached hydrogen (secondary N) is 2. The van der Waals surface area contributed by atoms with Gasteiger partial charge in [0.25, 0.3) is 5.91 Å². The van der Waals surface area contributed by atoms with Gasteiger partial charge in [0.1, 0.15) is 11.6 Å². The molecule has 0 atom stereocenters. The third-order valence-corrected chi connectivity index (χ3v) is 2.78. The first kappa shape index (κ1) is 14.4. The fourth-order valence-corrected chi connectivity index (χ4v) is 1.38. The molecule has 0 saturated carbocycles. The number of nitrogens with zero attached hydrogens (tertiary/aromatic N) is 1. The van der Waals surface area contributed by atoms with Crippen molar-refractivity contribution in [3.8, 4) is 0 Å². The minimum atomic E-state index is -0.517. The van der Waals surface area contributed by atoms with Gasteiger partial charge < -0.3 is 10.6 Å². The molecule has 100 valence electrons. The maximum Gasteiger partial charge on any atom is 0.255 e. The normalized spacial score (nSPS) is 11.2. The Balaban J connectivity index is 3.00. The van der Waals surface area contributed by atoms with Gasteiger partial charge in [-0.15, -0.1) is 0 Å². The highest BCUT2D eigenvalue weighted by molar-refractivity contribution is 5.99. The standard InChI is InChI=1S/C13H20FN3O/c1-5-13(3,4)17-12(18)10-7-9(14)8-16-11(10)15-6-2/h7-8H,5-6H2,1-4H3,(H,15,16)(H,17,18). The van der Waals surface area contributed by atoms with Gasteiger partial charge in [-0.1, -0.05) is 6.92 Å². The Morgan fingerprint density at radius 3 is 2.67 bits per heavy atom. The molecule has 0 aliphatic rings. The van der Waals surface area contributed by atoms with Crippen LogP contribution in [-0.4, -0.2) is 23.0 Å². The second-order valence-corrected chi connectivity index (χ2v) is 4.77. The van der Waals surface area contributed by atoms with Crippen molar-refractivity contribution in [1.29, 1.82) is 0 Å². The van der Waals surface area contributed by atoms with Crippen LogP contribution in [0.25, 0.3) is 0 Å². The Bertz CT molecular complexity index is 432. The maximum absolute atomic E-state index is 13.2. The van der Waals surface area contributed by atoms with Crippen LogP contribution in [0.1, 0.15) is 44.5 Å². The first-order valence-electron chi connectivity index (χ1n) is 6.11. The summed E-state index contributed by atoms with van der Waals surface area (Å²) in [6.07, 6.45) is 1.89. The lowest BCUT2D eigenvalue weighted by molar-refractivity contribution is 0.0911. The van der Waals surface area contributed by atoms with Crippen LogP contribution in [0.4, 0.5) is 10.2 Å². The third kappa shape index (κ3) is 3.68. The number of carbonyl (C=O) groups excluding carboxylic acids is 1. The minimum Gasteiger partial charge on any atom is -0.370 e. The van der Waals surface area contributed by atoms with Crippen LogP contribution in [0.5, 0.6) is 0 Å². The molecule has 1 heterocycles. The average Bonchev–Trinajstić information content (AvgIpc) is 2.31. The second-order valence-electron chi connectivity index (χ2n) is 4.77. The number of carbonyl (C=O) groups is 1. The van der Waals surface area contributed by atoms with Crippen molar-refractivity contribution < 1.29 is 9.18 Å². The van der Waals surface area contributed by atoms with Crippen molar-refractivity contribution in [2.45, 2.75) is 39.7 Å². The van der Waals surface area contributed by atoms with Gasteiger partial charge in [0.2, 0.25) is 0 Å². The average molecular weight is 253 g/mol. The van der Waals surface area contributed by atoms with Gasteiger partial charge in [-0.2, -0.15) is 0 Å². The van der Waals surface area contributed by atoms with E-state index in [1.165, 1.54) is 6.07 Å². The van der Waals surface area contributed by atoms with E-state index in [4.69, 9.17) is 0 Å². The minimum absolute atomic E-state index is 0.235. The summed E-state index contributed by atoms with van der Waals surface area (Å²) in [6.45, 7) is 8.34. The van der Waals surface area contributed by atoms with Crippen LogP contribution < -0.4 is 10.6 Å². The number of rotatable bonds is 5. The zero-order chi connectivity index (χ0) is 13.8. The third-order valence-electron chi connectivity index (χ3n) is 2.78. The number of halogens is 1. The predicted molar refractivity (Wildman–Crippen MR) is 70.2 cm³/mol. The van der Waals surface area contributed by atoms with Crippen molar-refractivity contribution in [2.75, 3.05) is 11.9 Å². The molecule has 18 heavy (non-hydrogen) atoms. The van der Waals surface area contributed by atoms with Gasteiger partial charge in [-0.3, -0.25) is 4.79 Å². The quantitative estimate of drug-likeness (QED) is 0.848. The summed E-state index contributed by atoms with van der Waals surface area (Å²) in [7, 11) is 0. The van der Waals surface area contributed by atoms with Crippen molar-refractivity contribution >= 4 is 11.7 Å². The summed E-state index contributed by atoms with van der Waals surface area (Å²) in [4.78, 5) is 16.0. The van der Waals surface area contributed by atoms with E-state index in [9.17, 15) is 9.18 Å². The molecule has 2 N–H and O–H groups in total. The predicted octanol–water partition coefficient (Wildman–Crippen LogP) is 2.57. The maximum atomic E-state index is 13.2. The molecule has 0 aromatic carbocycles. The topological polar surface area (TPSA) is 54.0 Å². The van der Waals surface area contributed by atoms with E-state index in [1.54, 1.807) is 0 Å². The SMILES string of the molecule is CCNc1ncc(F)cc1C(=O)NC(C)(C)CC. The zero-order valence-electron chi connectivity index (χ0n) is 11.3. The van der Waals surface area contributed by atoms with Crippen molar-refractivity contribution in [3.05, 3.63) is 23.6 Å². The van der Waals surface area contributed by atoms with E-state index < -0.39 is 5.82 Å². The lowest BCUT2D eigenvalue weighted by Gasteiger charge is -2.25. The molecule has 4 nitrogen and oxygen atoms in total. The molecule has 5 heteroatoms. The summed E-state index contributed by atoms with van der Waals surface area (Å²) in [5, 5.41) is 5.81. The highest BCUT2D eigenvalue weighted by Crippen LogP contribution is 2.16. The van der Waals surface area contributed by atoms with Gasteiger partial charge in [0, 0.05) is 12.1 Å². The number of amides is 1. The Morgan fingerprint density at radius 2 is 2.11 bits per heavy atom. The Morgan fingerprint density at radius 1 is 1.44 bits per heavy atom. The van der Waals surface area contributed by atoms with Crippen LogP contribution >= 0.6 is 0 Å². The first-order chi connectivity index (χ1) is 8.39. The molecular formula is C13H20FN3O. The van der Waals surface area contributed by atoms with Gasteiger partial charge >= 0.3 is 0 Å². The molecule has 0 aliphatic carbocycles. The monoisotopic (exact) mass is 253 g/mol. The molecule has 1 rings (SSSR count). The molecule has 0 spiro atoms. The zero-order valence-corrected chi connectivity index (χ0v) is 11.3. The Kier molecular flexibility index (Phi) is 4.64. The van der Waals surface area contributed by atoms with Crippen LogP contribution in [0.2, 0.25) is 0 Å². The lowest BCUT2D eigenvalue weighted by Crippen LogP contribution is -2.43. The molecule has 1 amide bonds. The Hall–Kier alpha value is -1.65. The van der Waals surface area contributed by atoms with Gasteiger partial charge in [-0.05, 0) is 33.3 Å². The molecule has 0 saturated heterocycles. The summed E-state index contributed by atoms with van der Waals surface area (Å²) >= 11 is 0. The van der Waals surface area contributed by atoms with Gasteiger partial charge in [0.05, 0.1) is 11.8 Å². The second kappa shape index (κ2) is 5.80. The van der Waals surface area contributed by atoms with Gasteiger partial charge in [-0.25, -0.2) is 9.37 Å². The van der Waals surface area contributed by atoms with E-state index in [0.29, 0.717) is 12.4 Å². The first-order valence-corrected chi connectivity index (χ1v) is 6.11. The summed E-state index contributed by atoms with van der Waals surface area (Å²) in [6, 6.07) is 1.20. The summed E-state index contributed by atoms with van der Waals surface area (Å²) < 4.78 is 13.2. The van der Waals surface area contributed by atoms with Crippen LogP contribution in [0, 0.1) is 5.82 Å². The van der Waals surface area contributed by atoms with Crippen molar-refractivity contribution in [1.82, 2.24) is 10.3 Å². The van der Waals surface area contributed by atoms with Crippen LogP contribution in [0.3, 0.4) is 0 Å². The molecular weight excluding hydrogens is 233 g/mol. The van der Waals surface area contributed by atoms with E-state index in [2.05, 4.69) is 15.6 Å². The smallest absolute Gasteiger partial charge is 0.255 e. The molecule has 0 fully saturated rings. The number of anilines is 1. The molecule has 0 aliphatic heterocycles. The fraction of sp³-hybridized carbons (Fsp3) is 0.538. The van der Waals surface area contributed by atoms with E-state index >= 15 is 0 Å². The highest BCUT2D eigenvalue weighted by Gasteiger charge is 2.21. The van der Waals surface area contributed by atoms with Gasteiger partial charge in [0.15, 0.2) is 0 Å². The highest BCUT2D eigenvalue weighted by atomic mass is 19.1. The molecule has 0 radical (unpaired) electrons. The van der Waals surface area contributed by atoms with Crippen molar-refractivity contribution in [3.63, 3.8) is 0 Å². The molecule has 1 aromatic rings. The number of aromatic nitrogens is 1. The number of hydrogen-bond acceptors (Lipinski definition) is 3. The van der Waals surface area contributed by atoms with Crippen molar-refractivity contribution in [2.24, 2.45) is 0 Å². The largest absolute Gasteiger partial charge is 0.370 e. The summed E-state index contributed by atoms with van der Waals surface area (Å²) in [5.41, 5.74) is -0.0919. The molecule has 0 unspecified atom stereocenters.